The SMILES string of the molecule is CC(=O)N(CC(O)(CO)CN(C(C)=O)c1c(C)c(C(=O)N(CCO)CCO)c(C)c(C(=O)N(CCO)CCO)c1C)c1c(C)c(C(=O)N(CCO)CCO)c(C)c(C(=O)N(CCO)CCO)c1C. The molecule has 0 saturated heterocycles. The summed E-state index contributed by atoms with van der Waals surface area (Å²) in [6.07, 6.45) is 0. The molecule has 22 heteroatoms. The molecular weight excluding hydrogens is 893 g/mol. The third-order valence-electron chi connectivity index (χ3n) is 11.9. The summed E-state index contributed by atoms with van der Waals surface area (Å²) in [6.45, 7) is 2.55. The van der Waals surface area contributed by atoms with E-state index in [-0.39, 0.29) is 119 Å². The Morgan fingerprint density at radius 2 is 0.559 bits per heavy atom. The molecule has 0 unspecified atom stereocenters. The van der Waals surface area contributed by atoms with Crippen molar-refractivity contribution in [1.82, 2.24) is 19.6 Å². The lowest BCUT2D eigenvalue weighted by Crippen LogP contribution is -2.56. The van der Waals surface area contributed by atoms with Crippen molar-refractivity contribution in [1.29, 1.82) is 0 Å². The maximum atomic E-state index is 14.4. The van der Waals surface area contributed by atoms with E-state index in [0.717, 1.165) is 43.2 Å². The number of carbonyl (C=O) groups is 6. The van der Waals surface area contributed by atoms with Gasteiger partial charge < -0.3 is 80.5 Å². The van der Waals surface area contributed by atoms with E-state index in [0.29, 0.717) is 0 Å². The number of rotatable bonds is 27. The molecule has 0 aliphatic heterocycles. The summed E-state index contributed by atoms with van der Waals surface area (Å²) in [5, 5.41) is 102. The number of amides is 6. The maximum Gasteiger partial charge on any atom is 0.254 e. The fourth-order valence-corrected chi connectivity index (χ4v) is 8.80. The number of aliphatic hydroxyl groups excluding tert-OH is 9. The van der Waals surface area contributed by atoms with Crippen LogP contribution < -0.4 is 9.80 Å². The van der Waals surface area contributed by atoms with Crippen LogP contribution in [0.5, 0.6) is 0 Å². The quantitative estimate of drug-likeness (QED) is 0.0438. The largest absolute Gasteiger partial charge is 0.395 e. The standard InChI is InChI=1S/C46H72N6O16/c1-28-36(42(64)47(9-17-53)10-18-54)30(3)40(31(4)37(28)43(65)48(11-19-55)12-20-56)51(34(7)62)25-46(68,27-61)26-52(35(8)63)41-32(5)38(44(66)49(13-21-57)14-22-58)29(2)39(33(41)6)45(67)50(15-23-59)16-24-60/h53-61,68H,9-27H2,1-8H3. The first-order chi connectivity index (χ1) is 32.1. The molecule has 2 aromatic carbocycles. The van der Waals surface area contributed by atoms with Gasteiger partial charge in [0.1, 0.15) is 5.60 Å². The smallest absolute Gasteiger partial charge is 0.254 e. The first-order valence-electron chi connectivity index (χ1n) is 22.3. The fourth-order valence-electron chi connectivity index (χ4n) is 8.80. The van der Waals surface area contributed by atoms with E-state index >= 15 is 0 Å². The average Bonchev–Trinajstić information content (AvgIpc) is 3.27. The average molecular weight is 965 g/mol. The zero-order valence-electron chi connectivity index (χ0n) is 40.5. The van der Waals surface area contributed by atoms with Crippen molar-refractivity contribution < 1.29 is 79.8 Å². The lowest BCUT2D eigenvalue weighted by molar-refractivity contribution is -0.118. The van der Waals surface area contributed by atoms with E-state index in [1.54, 1.807) is 0 Å². The fraction of sp³-hybridized carbons (Fsp3) is 0.609. The molecule has 0 radical (unpaired) electrons. The van der Waals surface area contributed by atoms with Crippen LogP contribution in [0.25, 0.3) is 0 Å². The van der Waals surface area contributed by atoms with Gasteiger partial charge in [-0.15, -0.1) is 0 Å². The van der Waals surface area contributed by atoms with Gasteiger partial charge in [0.25, 0.3) is 23.6 Å². The second-order valence-corrected chi connectivity index (χ2v) is 16.5. The van der Waals surface area contributed by atoms with Gasteiger partial charge in [-0.25, -0.2) is 0 Å². The Bertz CT molecular complexity index is 1840. The number of nitrogens with zero attached hydrogens (tertiary/aromatic N) is 6. The van der Waals surface area contributed by atoms with Gasteiger partial charge in [0.15, 0.2) is 0 Å². The van der Waals surface area contributed by atoms with Crippen molar-refractivity contribution in [2.75, 3.05) is 135 Å². The lowest BCUT2D eigenvalue weighted by atomic mass is 9.87. The molecule has 0 aliphatic carbocycles. The third kappa shape index (κ3) is 13.3. The molecule has 0 aliphatic rings. The third-order valence-corrected chi connectivity index (χ3v) is 11.9. The number of carbonyl (C=O) groups excluding carboxylic acids is 6. The van der Waals surface area contributed by atoms with Crippen LogP contribution in [0.2, 0.25) is 0 Å². The van der Waals surface area contributed by atoms with E-state index in [4.69, 9.17) is 0 Å². The summed E-state index contributed by atoms with van der Waals surface area (Å²) in [7, 11) is 0. The Hall–Kier alpha value is -5.14. The normalized spacial score (nSPS) is 11.4. The molecule has 2 aromatic rings. The van der Waals surface area contributed by atoms with Gasteiger partial charge in [-0.3, -0.25) is 28.8 Å². The molecule has 6 amide bonds. The molecule has 0 bridgehead atoms. The molecule has 22 nitrogen and oxygen atoms in total. The summed E-state index contributed by atoms with van der Waals surface area (Å²) in [5.74, 6) is -4.52. The Kier molecular flexibility index (Phi) is 23.6. The van der Waals surface area contributed by atoms with Gasteiger partial charge in [-0.05, 0) is 74.9 Å². The molecule has 382 valence electrons. The van der Waals surface area contributed by atoms with Crippen molar-refractivity contribution in [3.63, 3.8) is 0 Å². The highest BCUT2D eigenvalue weighted by Gasteiger charge is 2.40. The lowest BCUT2D eigenvalue weighted by Gasteiger charge is -2.39. The molecule has 68 heavy (non-hydrogen) atoms. The zero-order valence-corrected chi connectivity index (χ0v) is 40.5. The number of aliphatic hydroxyl groups is 10. The Labute approximate surface area is 396 Å². The Balaban J connectivity index is 3.15. The summed E-state index contributed by atoms with van der Waals surface area (Å²) in [4.78, 5) is 91.9. The first-order valence-corrected chi connectivity index (χ1v) is 22.3. The molecule has 2 rings (SSSR count). The Morgan fingerprint density at radius 1 is 0.368 bits per heavy atom. The second kappa shape index (κ2) is 27.2. The predicted octanol–water partition coefficient (Wildman–Crippen LogP) is -2.63. The van der Waals surface area contributed by atoms with Gasteiger partial charge in [0.2, 0.25) is 11.8 Å². The molecule has 0 saturated carbocycles. The number of hydrogen-bond acceptors (Lipinski definition) is 16. The highest BCUT2D eigenvalue weighted by molar-refractivity contribution is 6.09. The molecular formula is C46H72N6O16. The van der Waals surface area contributed by atoms with Crippen LogP contribution in [0.1, 0.15) is 88.7 Å². The van der Waals surface area contributed by atoms with Crippen LogP contribution >= 0.6 is 0 Å². The first kappa shape index (κ1) is 59.0. The topological polar surface area (TPSA) is 324 Å². The zero-order chi connectivity index (χ0) is 51.8. The van der Waals surface area contributed by atoms with E-state index in [1.807, 2.05) is 0 Å². The maximum absolute atomic E-state index is 14.4. The molecule has 10 N–H and O–H groups in total. The van der Waals surface area contributed by atoms with Gasteiger partial charge >= 0.3 is 0 Å². The van der Waals surface area contributed by atoms with Crippen LogP contribution in [0, 0.1) is 41.5 Å². The number of hydrogen-bond donors (Lipinski definition) is 10. The van der Waals surface area contributed by atoms with Crippen LogP contribution in [-0.4, -0.2) is 237 Å². The summed E-state index contributed by atoms with van der Waals surface area (Å²) in [6, 6.07) is 0. The minimum Gasteiger partial charge on any atom is -0.395 e. The predicted molar refractivity (Wildman–Crippen MR) is 250 cm³/mol. The minimum atomic E-state index is -2.48. The summed E-state index contributed by atoms with van der Waals surface area (Å²) >= 11 is 0. The molecule has 0 atom stereocenters. The van der Waals surface area contributed by atoms with Gasteiger partial charge in [0.05, 0.1) is 83.9 Å². The van der Waals surface area contributed by atoms with E-state index in [2.05, 4.69) is 0 Å². The molecule has 0 spiro atoms. The highest BCUT2D eigenvalue weighted by atomic mass is 16.3. The van der Waals surface area contributed by atoms with Crippen molar-refractivity contribution in [2.24, 2.45) is 0 Å². The summed E-state index contributed by atoms with van der Waals surface area (Å²) < 4.78 is 0. The monoisotopic (exact) mass is 965 g/mol. The Morgan fingerprint density at radius 3 is 0.706 bits per heavy atom. The van der Waals surface area contributed by atoms with Crippen molar-refractivity contribution in [2.45, 2.75) is 61.0 Å². The van der Waals surface area contributed by atoms with Crippen molar-refractivity contribution in [3.8, 4) is 0 Å². The van der Waals surface area contributed by atoms with Crippen LogP contribution in [0.15, 0.2) is 0 Å². The summed E-state index contributed by atoms with van der Waals surface area (Å²) in [5.41, 5.74) is -2.37. The van der Waals surface area contributed by atoms with Crippen molar-refractivity contribution in [3.05, 3.63) is 55.6 Å². The van der Waals surface area contributed by atoms with Gasteiger partial charge in [-0.2, -0.15) is 0 Å². The van der Waals surface area contributed by atoms with Crippen LogP contribution in [0.4, 0.5) is 11.4 Å². The van der Waals surface area contributed by atoms with E-state index in [1.165, 1.54) is 41.5 Å². The van der Waals surface area contributed by atoms with Gasteiger partial charge in [0, 0.05) is 88.5 Å². The molecule has 0 aromatic heterocycles. The molecule has 0 heterocycles. The second-order valence-electron chi connectivity index (χ2n) is 16.5. The number of anilines is 2. The highest BCUT2D eigenvalue weighted by Crippen LogP contribution is 2.39. The van der Waals surface area contributed by atoms with E-state index < -0.39 is 114 Å². The van der Waals surface area contributed by atoms with Gasteiger partial charge in [-0.1, -0.05) is 0 Å². The number of benzene rings is 2. The van der Waals surface area contributed by atoms with Crippen LogP contribution in [0.3, 0.4) is 0 Å². The van der Waals surface area contributed by atoms with E-state index in [9.17, 15) is 79.8 Å². The molecule has 0 fully saturated rings. The van der Waals surface area contributed by atoms with Crippen LogP contribution in [-0.2, 0) is 9.59 Å². The minimum absolute atomic E-state index is 0.0684. The van der Waals surface area contributed by atoms with Crippen molar-refractivity contribution >= 4 is 46.8 Å².